The van der Waals surface area contributed by atoms with Crippen LogP contribution in [-0.2, 0) is 17.8 Å². The van der Waals surface area contributed by atoms with Crippen LogP contribution in [0.3, 0.4) is 0 Å². The van der Waals surface area contributed by atoms with E-state index in [9.17, 15) is 10.1 Å². The number of fused-ring (bicyclic) bond motifs is 1. The van der Waals surface area contributed by atoms with Gasteiger partial charge in [0.05, 0.1) is 17.1 Å². The second-order valence-corrected chi connectivity index (χ2v) is 8.74. The molecule has 0 atom stereocenters. The van der Waals surface area contributed by atoms with E-state index in [4.69, 9.17) is 0 Å². The summed E-state index contributed by atoms with van der Waals surface area (Å²) >= 11 is 3.03. The number of nitriles is 1. The van der Waals surface area contributed by atoms with Crippen molar-refractivity contribution >= 4 is 40.3 Å². The first-order valence-corrected chi connectivity index (χ1v) is 11.2. The Balaban J connectivity index is 1.47. The Hall–Kier alpha value is -3.09. The molecular formula is C21H20N6OS2. The van der Waals surface area contributed by atoms with Gasteiger partial charge in [0.25, 0.3) is 0 Å². The summed E-state index contributed by atoms with van der Waals surface area (Å²) in [5.74, 6) is 0.502. The monoisotopic (exact) mass is 436 g/mol. The predicted molar refractivity (Wildman–Crippen MR) is 120 cm³/mol. The summed E-state index contributed by atoms with van der Waals surface area (Å²) in [6.45, 7) is 0.747. The Morgan fingerprint density at radius 2 is 1.90 bits per heavy atom. The number of benzene rings is 1. The number of aromatic nitrogens is 3. The molecule has 3 heterocycles. The number of Topliss-reactive ketones (excluding diaryl/α,β-unsaturated/α-hetero) is 1. The number of hydrogen-bond donors (Lipinski definition) is 0. The number of hydrogen-bond acceptors (Lipinski definition) is 8. The third kappa shape index (κ3) is 3.84. The molecule has 30 heavy (non-hydrogen) atoms. The van der Waals surface area contributed by atoms with E-state index in [1.54, 1.807) is 17.7 Å². The van der Waals surface area contributed by atoms with Gasteiger partial charge in [-0.2, -0.15) is 5.26 Å². The molecule has 0 radical (unpaired) electrons. The molecule has 7 nitrogen and oxygen atoms in total. The summed E-state index contributed by atoms with van der Waals surface area (Å²) in [5, 5.41) is 20.6. The van der Waals surface area contributed by atoms with Crippen LogP contribution in [0.2, 0.25) is 0 Å². The van der Waals surface area contributed by atoms with Crippen molar-refractivity contribution in [1.29, 1.82) is 5.26 Å². The van der Waals surface area contributed by atoms with Gasteiger partial charge in [-0.25, -0.2) is 0 Å². The molecule has 0 spiro atoms. The fourth-order valence-electron chi connectivity index (χ4n) is 3.45. The van der Waals surface area contributed by atoms with Crippen LogP contribution in [-0.4, -0.2) is 40.4 Å². The van der Waals surface area contributed by atoms with Crippen LogP contribution >= 0.6 is 23.1 Å². The largest absolute Gasteiger partial charge is 0.328 e. The standard InChI is InChI=1S/C21H20N6OS2/c1-25-17-7-3-4-8-18(17)26(2)20(25)16(12-22)19(28)13-30-21-24-23-14-27(21)10-9-15-6-5-11-29-15/h3-8,11,14H,9-10,13H2,1-2H3. The van der Waals surface area contributed by atoms with Gasteiger partial charge < -0.3 is 14.4 Å². The molecule has 0 saturated carbocycles. The molecule has 0 saturated heterocycles. The van der Waals surface area contributed by atoms with Gasteiger partial charge in [-0.05, 0) is 30.0 Å². The highest BCUT2D eigenvalue weighted by atomic mass is 32.2. The van der Waals surface area contributed by atoms with Gasteiger partial charge in [0.2, 0.25) is 0 Å². The van der Waals surface area contributed by atoms with Crippen molar-refractivity contribution in [2.24, 2.45) is 0 Å². The number of allylic oxidation sites excluding steroid dienone is 1. The summed E-state index contributed by atoms with van der Waals surface area (Å²) in [6.07, 6.45) is 2.57. The van der Waals surface area contributed by atoms with Crippen LogP contribution in [0.4, 0.5) is 11.4 Å². The first kappa shape index (κ1) is 20.2. The van der Waals surface area contributed by atoms with Crippen molar-refractivity contribution in [3.63, 3.8) is 0 Å². The molecule has 1 aliphatic rings. The zero-order valence-electron chi connectivity index (χ0n) is 16.6. The fourth-order valence-corrected chi connectivity index (χ4v) is 4.97. The maximum atomic E-state index is 12.9. The van der Waals surface area contributed by atoms with Crippen molar-refractivity contribution in [2.75, 3.05) is 29.6 Å². The molecule has 2 aromatic heterocycles. The SMILES string of the molecule is CN1C(=C(C#N)C(=O)CSc2nncn2CCc2cccs2)N(C)c2ccccc21. The van der Waals surface area contributed by atoms with Gasteiger partial charge in [-0.1, -0.05) is 30.0 Å². The molecule has 152 valence electrons. The van der Waals surface area contributed by atoms with Crippen molar-refractivity contribution in [3.05, 3.63) is 64.4 Å². The number of carbonyl (C=O) groups excluding carboxylic acids is 1. The molecule has 0 fully saturated rings. The number of thioether (sulfide) groups is 1. The lowest BCUT2D eigenvalue weighted by molar-refractivity contribution is -0.112. The minimum atomic E-state index is -0.225. The number of carbonyl (C=O) groups is 1. The van der Waals surface area contributed by atoms with Gasteiger partial charge in [-0.15, -0.1) is 21.5 Å². The third-order valence-corrected chi connectivity index (χ3v) is 6.86. The topological polar surface area (TPSA) is 78.0 Å². The van der Waals surface area contributed by atoms with E-state index in [2.05, 4.69) is 27.7 Å². The van der Waals surface area contributed by atoms with Crippen LogP contribution in [0, 0.1) is 11.3 Å². The lowest BCUT2D eigenvalue weighted by Gasteiger charge is -2.19. The van der Waals surface area contributed by atoms with Gasteiger partial charge in [0.15, 0.2) is 10.9 Å². The molecule has 0 N–H and O–H groups in total. The average molecular weight is 437 g/mol. The van der Waals surface area contributed by atoms with Crippen LogP contribution in [0.25, 0.3) is 0 Å². The van der Waals surface area contributed by atoms with E-state index >= 15 is 0 Å². The zero-order valence-corrected chi connectivity index (χ0v) is 18.3. The first-order chi connectivity index (χ1) is 14.6. The van der Waals surface area contributed by atoms with E-state index in [1.807, 2.05) is 58.8 Å². The predicted octanol–water partition coefficient (Wildman–Crippen LogP) is 3.56. The first-order valence-electron chi connectivity index (χ1n) is 9.37. The molecule has 9 heteroatoms. The Labute approximate surface area is 183 Å². The molecule has 0 bridgehead atoms. The van der Waals surface area contributed by atoms with Gasteiger partial charge in [0.1, 0.15) is 23.8 Å². The highest BCUT2D eigenvalue weighted by Crippen LogP contribution is 2.40. The highest BCUT2D eigenvalue weighted by Gasteiger charge is 2.31. The van der Waals surface area contributed by atoms with Crippen molar-refractivity contribution < 1.29 is 4.79 Å². The summed E-state index contributed by atoms with van der Waals surface area (Å²) < 4.78 is 1.94. The number of ketones is 1. The minimum Gasteiger partial charge on any atom is -0.328 e. The van der Waals surface area contributed by atoms with E-state index < -0.39 is 0 Å². The molecule has 4 rings (SSSR count). The maximum absolute atomic E-state index is 12.9. The Morgan fingerprint density at radius 1 is 1.17 bits per heavy atom. The number of thiophene rings is 1. The maximum Gasteiger partial charge on any atom is 0.191 e. The molecule has 1 aromatic carbocycles. The lowest BCUT2D eigenvalue weighted by Crippen LogP contribution is -2.26. The van der Waals surface area contributed by atoms with Crippen molar-refractivity contribution in [1.82, 2.24) is 14.8 Å². The Morgan fingerprint density at radius 3 is 2.53 bits per heavy atom. The number of aryl methyl sites for hydroxylation is 2. The lowest BCUT2D eigenvalue weighted by atomic mass is 10.2. The number of anilines is 2. The summed E-state index contributed by atoms with van der Waals surface area (Å²) in [7, 11) is 3.74. The second-order valence-electron chi connectivity index (χ2n) is 6.77. The second kappa shape index (κ2) is 8.73. The van der Waals surface area contributed by atoms with E-state index in [0.717, 1.165) is 24.3 Å². The molecular weight excluding hydrogens is 416 g/mol. The van der Waals surface area contributed by atoms with Crippen molar-refractivity contribution in [2.45, 2.75) is 18.1 Å². The van der Waals surface area contributed by atoms with Crippen LogP contribution in [0.1, 0.15) is 4.88 Å². The van der Waals surface area contributed by atoms with Gasteiger partial charge in [0, 0.05) is 25.5 Å². The van der Waals surface area contributed by atoms with E-state index in [1.165, 1.54) is 16.6 Å². The zero-order chi connectivity index (χ0) is 21.1. The van der Waals surface area contributed by atoms with Crippen molar-refractivity contribution in [3.8, 4) is 6.07 Å². The molecule has 3 aromatic rings. The summed E-state index contributed by atoms with van der Waals surface area (Å²) in [5.41, 5.74) is 2.08. The number of nitrogens with zero attached hydrogens (tertiary/aromatic N) is 6. The normalized spacial score (nSPS) is 12.8. The minimum absolute atomic E-state index is 0.127. The fraction of sp³-hybridized carbons (Fsp3) is 0.238. The molecule has 0 unspecified atom stereocenters. The number of para-hydroxylation sites is 2. The van der Waals surface area contributed by atoms with Gasteiger partial charge in [-0.3, -0.25) is 4.79 Å². The van der Waals surface area contributed by atoms with Gasteiger partial charge >= 0.3 is 0 Å². The quantitative estimate of drug-likeness (QED) is 0.318. The van der Waals surface area contributed by atoms with E-state index in [-0.39, 0.29) is 17.1 Å². The van der Waals surface area contributed by atoms with Crippen LogP contribution in [0.5, 0.6) is 0 Å². The molecule has 0 aliphatic carbocycles. The van der Waals surface area contributed by atoms with Crippen LogP contribution in [0.15, 0.2) is 64.7 Å². The Bertz CT molecular complexity index is 1100. The van der Waals surface area contributed by atoms with E-state index in [0.29, 0.717) is 11.0 Å². The number of rotatable bonds is 7. The third-order valence-electron chi connectivity index (χ3n) is 4.95. The smallest absolute Gasteiger partial charge is 0.191 e. The molecule has 0 amide bonds. The van der Waals surface area contributed by atoms with Crippen LogP contribution < -0.4 is 9.80 Å². The highest BCUT2D eigenvalue weighted by molar-refractivity contribution is 7.99. The summed E-state index contributed by atoms with van der Waals surface area (Å²) in [4.78, 5) is 18.0. The summed E-state index contributed by atoms with van der Waals surface area (Å²) in [6, 6.07) is 14.1. The average Bonchev–Trinajstić information content (AvgIpc) is 3.49. The molecule has 1 aliphatic heterocycles. The Kier molecular flexibility index (Phi) is 5.88.